The van der Waals surface area contributed by atoms with Crippen LogP contribution in [0.5, 0.6) is 0 Å². The lowest BCUT2D eigenvalue weighted by atomic mass is 9.76. The molecule has 0 saturated carbocycles. The summed E-state index contributed by atoms with van der Waals surface area (Å²) in [6, 6.07) is 11.6. The zero-order chi connectivity index (χ0) is 25.8. The summed E-state index contributed by atoms with van der Waals surface area (Å²) in [7, 11) is -0.466. The van der Waals surface area contributed by atoms with Crippen molar-refractivity contribution in [2.45, 2.75) is 78.2 Å². The smallest absolute Gasteiger partial charge is 0.444 e. The maximum absolute atomic E-state index is 13.3. The van der Waals surface area contributed by atoms with E-state index < -0.39 is 23.9 Å². The van der Waals surface area contributed by atoms with Crippen molar-refractivity contribution in [3.63, 3.8) is 0 Å². The van der Waals surface area contributed by atoms with Crippen LogP contribution in [0.25, 0.3) is 10.8 Å². The average molecular weight is 480 g/mol. The van der Waals surface area contributed by atoms with E-state index in [4.69, 9.17) is 14.0 Å². The van der Waals surface area contributed by atoms with E-state index in [2.05, 4.69) is 0 Å². The maximum atomic E-state index is 13.3. The summed E-state index contributed by atoms with van der Waals surface area (Å²) in [5.41, 5.74) is 0.191. The third-order valence-corrected chi connectivity index (χ3v) is 7.21. The van der Waals surface area contributed by atoms with E-state index >= 15 is 0 Å². The fourth-order valence-corrected chi connectivity index (χ4v) is 4.53. The van der Waals surface area contributed by atoms with Crippen LogP contribution in [0.4, 0.5) is 4.79 Å². The van der Waals surface area contributed by atoms with Crippen molar-refractivity contribution in [1.82, 2.24) is 9.80 Å². The summed E-state index contributed by atoms with van der Waals surface area (Å²) in [4.78, 5) is 29.4. The molecule has 0 N–H and O–H groups in total. The summed E-state index contributed by atoms with van der Waals surface area (Å²) in [5, 5.41) is 1.97. The third-order valence-electron chi connectivity index (χ3n) is 7.21. The normalized spacial score (nSPS) is 21.9. The lowest BCUT2D eigenvalue weighted by Gasteiger charge is -2.40. The van der Waals surface area contributed by atoms with Gasteiger partial charge in [0, 0.05) is 31.2 Å². The van der Waals surface area contributed by atoms with Crippen LogP contribution in [-0.2, 0) is 14.0 Å². The van der Waals surface area contributed by atoms with Gasteiger partial charge in [-0.2, -0.15) is 0 Å². The topological polar surface area (TPSA) is 68.3 Å². The number of fused-ring (bicyclic) bond motifs is 1. The molecule has 1 atom stereocenters. The molecule has 8 heteroatoms. The molecule has 188 valence electrons. The van der Waals surface area contributed by atoms with Crippen molar-refractivity contribution in [2.75, 3.05) is 19.6 Å². The molecule has 1 unspecified atom stereocenters. The van der Waals surface area contributed by atoms with Gasteiger partial charge in [0.25, 0.3) is 5.91 Å². The van der Waals surface area contributed by atoms with Gasteiger partial charge in [0.05, 0.1) is 11.2 Å². The van der Waals surface area contributed by atoms with E-state index in [1.54, 1.807) is 4.90 Å². The number of benzene rings is 2. The fraction of sp³-hybridized carbons (Fsp3) is 0.556. The van der Waals surface area contributed by atoms with Gasteiger partial charge in [0.2, 0.25) is 0 Å². The summed E-state index contributed by atoms with van der Waals surface area (Å²) in [6.45, 7) is 17.0. The lowest BCUT2D eigenvalue weighted by molar-refractivity contribution is 0.00198. The second kappa shape index (κ2) is 8.82. The quantitative estimate of drug-likeness (QED) is 0.603. The van der Waals surface area contributed by atoms with Crippen LogP contribution in [0.2, 0.25) is 0 Å². The first kappa shape index (κ1) is 25.5. The van der Waals surface area contributed by atoms with Crippen molar-refractivity contribution >= 4 is 35.4 Å². The number of hydrogen-bond donors (Lipinski definition) is 0. The van der Waals surface area contributed by atoms with Gasteiger partial charge < -0.3 is 23.8 Å². The highest BCUT2D eigenvalue weighted by atomic mass is 16.7. The van der Waals surface area contributed by atoms with Crippen LogP contribution in [0.15, 0.2) is 36.4 Å². The number of ether oxygens (including phenoxy) is 1. The Morgan fingerprint density at radius 1 is 1.03 bits per heavy atom. The molecule has 2 saturated heterocycles. The van der Waals surface area contributed by atoms with E-state index in [1.807, 2.05) is 96.7 Å². The molecular formula is C27H37BN2O5. The zero-order valence-electron chi connectivity index (χ0n) is 22.2. The molecule has 0 aromatic heterocycles. The predicted molar refractivity (Wildman–Crippen MR) is 138 cm³/mol. The van der Waals surface area contributed by atoms with Gasteiger partial charge in [-0.15, -0.1) is 0 Å². The number of carbonyl (C=O) groups excluding carboxylic acids is 2. The van der Waals surface area contributed by atoms with Gasteiger partial charge in [-0.1, -0.05) is 24.3 Å². The first-order chi connectivity index (χ1) is 16.2. The number of rotatable bonds is 2. The van der Waals surface area contributed by atoms with Gasteiger partial charge in [-0.05, 0) is 83.8 Å². The number of amides is 2. The molecule has 2 aliphatic heterocycles. The van der Waals surface area contributed by atoms with E-state index in [9.17, 15) is 9.59 Å². The van der Waals surface area contributed by atoms with Crippen LogP contribution in [0.3, 0.4) is 0 Å². The molecule has 2 aromatic rings. The summed E-state index contributed by atoms with van der Waals surface area (Å²) in [5.74, 6) is -0.0383. The second-order valence-electron chi connectivity index (χ2n) is 11.6. The van der Waals surface area contributed by atoms with Crippen molar-refractivity contribution < 1.29 is 23.6 Å². The summed E-state index contributed by atoms with van der Waals surface area (Å²) < 4.78 is 18.0. The van der Waals surface area contributed by atoms with Crippen LogP contribution in [0.1, 0.15) is 65.7 Å². The van der Waals surface area contributed by atoms with E-state index in [1.165, 1.54) is 0 Å². The Kier molecular flexibility index (Phi) is 6.43. The van der Waals surface area contributed by atoms with Gasteiger partial charge >= 0.3 is 13.2 Å². The van der Waals surface area contributed by atoms with E-state index in [0.29, 0.717) is 25.2 Å². The Morgan fingerprint density at radius 2 is 1.69 bits per heavy atom. The predicted octanol–water partition coefficient (Wildman–Crippen LogP) is 4.22. The highest BCUT2D eigenvalue weighted by molar-refractivity contribution is 6.65. The Balaban J connectivity index is 1.51. The van der Waals surface area contributed by atoms with Gasteiger partial charge in [-0.25, -0.2) is 4.79 Å². The van der Waals surface area contributed by atoms with Crippen LogP contribution >= 0.6 is 0 Å². The van der Waals surface area contributed by atoms with Crippen molar-refractivity contribution in [1.29, 1.82) is 0 Å². The molecule has 0 aliphatic carbocycles. The molecule has 2 amide bonds. The minimum absolute atomic E-state index is 0.0383. The zero-order valence-corrected chi connectivity index (χ0v) is 22.2. The molecule has 4 rings (SSSR count). The third kappa shape index (κ3) is 5.05. The highest BCUT2D eigenvalue weighted by Crippen LogP contribution is 2.37. The molecule has 0 radical (unpaired) electrons. The fourth-order valence-electron chi connectivity index (χ4n) is 4.53. The lowest BCUT2D eigenvalue weighted by Crippen LogP contribution is -2.56. The first-order valence-electron chi connectivity index (χ1n) is 12.4. The monoisotopic (exact) mass is 480 g/mol. The number of piperazine rings is 1. The Hall–Kier alpha value is -2.58. The Bertz CT molecular complexity index is 1120. The Labute approximate surface area is 208 Å². The molecule has 0 spiro atoms. The molecule has 2 aliphatic rings. The minimum Gasteiger partial charge on any atom is -0.444 e. The maximum Gasteiger partial charge on any atom is 0.495 e. The average Bonchev–Trinajstić information content (AvgIpc) is 2.97. The molecule has 2 heterocycles. The molecule has 2 aromatic carbocycles. The van der Waals surface area contributed by atoms with Crippen molar-refractivity contribution in [3.05, 3.63) is 42.0 Å². The van der Waals surface area contributed by atoms with Gasteiger partial charge in [0.15, 0.2) is 0 Å². The Morgan fingerprint density at radius 3 is 2.29 bits per heavy atom. The van der Waals surface area contributed by atoms with E-state index in [-0.39, 0.29) is 18.0 Å². The minimum atomic E-state index is -0.548. The largest absolute Gasteiger partial charge is 0.495 e. The number of carbonyl (C=O) groups is 2. The summed E-state index contributed by atoms with van der Waals surface area (Å²) >= 11 is 0. The summed E-state index contributed by atoms with van der Waals surface area (Å²) in [6.07, 6.45) is -0.335. The van der Waals surface area contributed by atoms with Crippen LogP contribution < -0.4 is 5.46 Å². The van der Waals surface area contributed by atoms with E-state index in [0.717, 1.165) is 16.2 Å². The first-order valence-corrected chi connectivity index (χ1v) is 12.4. The standard InChI is InChI=1S/C27H37BN2O5/c1-18-17-29(14-15-30(18)24(32)33-25(2,3)4)23(31)20-12-13-21-19(16-20)10-9-11-22(21)28-34-26(5,6)27(7,8)35-28/h9-13,16,18H,14-15,17H2,1-8H3. The molecule has 7 nitrogen and oxygen atoms in total. The van der Waals surface area contributed by atoms with Crippen molar-refractivity contribution in [2.24, 2.45) is 0 Å². The number of hydrogen-bond acceptors (Lipinski definition) is 5. The van der Waals surface area contributed by atoms with Gasteiger partial charge in [0.1, 0.15) is 5.60 Å². The molecule has 35 heavy (non-hydrogen) atoms. The SMILES string of the molecule is CC1CN(C(=O)c2ccc3c(B4OC(C)(C)C(C)(C)O4)cccc3c2)CCN1C(=O)OC(C)(C)C. The molecule has 2 fully saturated rings. The van der Waals surface area contributed by atoms with Gasteiger partial charge in [-0.3, -0.25) is 4.79 Å². The molecular weight excluding hydrogens is 443 g/mol. The number of nitrogens with zero attached hydrogens (tertiary/aromatic N) is 2. The van der Waals surface area contributed by atoms with Crippen LogP contribution in [-0.4, -0.2) is 71.4 Å². The second-order valence-corrected chi connectivity index (χ2v) is 11.6. The molecule has 0 bridgehead atoms. The van der Waals surface area contributed by atoms with Crippen LogP contribution in [0, 0.1) is 0 Å². The highest BCUT2D eigenvalue weighted by Gasteiger charge is 2.52. The van der Waals surface area contributed by atoms with Crippen molar-refractivity contribution in [3.8, 4) is 0 Å².